The van der Waals surface area contributed by atoms with Gasteiger partial charge in [0.05, 0.1) is 0 Å². The van der Waals surface area contributed by atoms with Crippen LogP contribution in [0.25, 0.3) is 0 Å². The Balaban J connectivity index is 2.83. The topological polar surface area (TPSA) is 35.5 Å². The van der Waals surface area contributed by atoms with Crippen molar-refractivity contribution in [2.24, 2.45) is 0 Å². The molecule has 10 heavy (non-hydrogen) atoms. The second-order valence-corrected chi connectivity index (χ2v) is 2.42. The Kier molecular flexibility index (Phi) is 2.18. The van der Waals surface area contributed by atoms with E-state index in [-0.39, 0.29) is 10.1 Å². The smallest absolute Gasteiger partial charge is 0.353 e. The Morgan fingerprint density at radius 2 is 2.20 bits per heavy atom. The van der Waals surface area contributed by atoms with Gasteiger partial charge in [0.2, 0.25) is 6.29 Å². The van der Waals surface area contributed by atoms with Crippen molar-refractivity contribution in [1.29, 1.82) is 0 Å². The Bertz CT molecular complexity index is 199. The molecule has 1 rings (SSSR count). The van der Waals surface area contributed by atoms with Gasteiger partial charge in [0, 0.05) is 7.11 Å². The highest BCUT2D eigenvalue weighted by atomic mass is 35.5. The Labute approximate surface area is 67.5 Å². The Hall–Kier alpha value is -0.250. The molecule has 0 spiro atoms. The fourth-order valence-corrected chi connectivity index (χ4v) is 0.898. The second kappa shape index (κ2) is 2.78. The predicted molar refractivity (Wildman–Crippen MR) is 35.6 cm³/mol. The van der Waals surface area contributed by atoms with Crippen molar-refractivity contribution in [3.05, 3.63) is 10.1 Å². The average Bonchev–Trinajstić information content (AvgIpc) is 2.17. The summed E-state index contributed by atoms with van der Waals surface area (Å²) in [5, 5.41) is 0.00248. The van der Waals surface area contributed by atoms with Crippen LogP contribution in [0.4, 0.5) is 0 Å². The van der Waals surface area contributed by atoms with Crippen LogP contribution in [-0.2, 0) is 14.3 Å². The van der Waals surface area contributed by atoms with Crippen LogP contribution in [0.15, 0.2) is 10.1 Å². The maximum atomic E-state index is 10.6. The van der Waals surface area contributed by atoms with Gasteiger partial charge >= 0.3 is 5.97 Å². The molecule has 0 radical (unpaired) electrons. The van der Waals surface area contributed by atoms with E-state index in [9.17, 15) is 4.79 Å². The first-order valence-corrected chi connectivity index (χ1v) is 3.21. The third-order valence-electron chi connectivity index (χ3n) is 1.02. The summed E-state index contributed by atoms with van der Waals surface area (Å²) >= 11 is 10.9. The summed E-state index contributed by atoms with van der Waals surface area (Å²) in [6.45, 7) is 0. The maximum absolute atomic E-state index is 10.6. The summed E-state index contributed by atoms with van der Waals surface area (Å²) in [5.41, 5.74) is 0. The van der Waals surface area contributed by atoms with Crippen LogP contribution in [0.3, 0.4) is 0 Å². The molecule has 1 aliphatic rings. The molecule has 0 saturated heterocycles. The van der Waals surface area contributed by atoms with Gasteiger partial charge in [-0.05, 0) is 0 Å². The molecule has 0 aromatic carbocycles. The van der Waals surface area contributed by atoms with E-state index in [1.165, 1.54) is 7.11 Å². The van der Waals surface area contributed by atoms with Crippen molar-refractivity contribution in [2.75, 3.05) is 7.11 Å². The fourth-order valence-electron chi connectivity index (χ4n) is 0.553. The fraction of sp³-hybridized carbons (Fsp3) is 0.400. The lowest BCUT2D eigenvalue weighted by Crippen LogP contribution is -2.11. The van der Waals surface area contributed by atoms with Gasteiger partial charge in [-0.15, -0.1) is 0 Å². The van der Waals surface area contributed by atoms with E-state index < -0.39 is 12.3 Å². The van der Waals surface area contributed by atoms with Gasteiger partial charge in [-0.1, -0.05) is 23.2 Å². The number of esters is 1. The molecule has 1 aliphatic heterocycles. The van der Waals surface area contributed by atoms with Crippen molar-refractivity contribution >= 4 is 29.2 Å². The van der Waals surface area contributed by atoms with E-state index in [0.29, 0.717) is 0 Å². The van der Waals surface area contributed by atoms with Gasteiger partial charge in [-0.2, -0.15) is 0 Å². The third-order valence-corrected chi connectivity index (χ3v) is 1.85. The van der Waals surface area contributed by atoms with Gasteiger partial charge < -0.3 is 9.47 Å². The van der Waals surface area contributed by atoms with Crippen LogP contribution in [-0.4, -0.2) is 19.4 Å². The minimum absolute atomic E-state index is 0.103. The first kappa shape index (κ1) is 7.85. The van der Waals surface area contributed by atoms with Gasteiger partial charge in [-0.25, -0.2) is 4.79 Å². The molecule has 0 bridgehead atoms. The number of hydrogen-bond donors (Lipinski definition) is 0. The zero-order chi connectivity index (χ0) is 7.72. The van der Waals surface area contributed by atoms with E-state index in [1.54, 1.807) is 0 Å². The molecule has 0 fully saturated rings. The standard InChI is InChI=1S/C5H4Cl2O3/c1-9-5-3(7)2(6)4(8)10-5/h5H,1H3. The molecule has 5 heteroatoms. The first-order chi connectivity index (χ1) is 4.66. The van der Waals surface area contributed by atoms with E-state index in [0.717, 1.165) is 0 Å². The minimum Gasteiger partial charge on any atom is -0.426 e. The largest absolute Gasteiger partial charge is 0.426 e. The Morgan fingerprint density at radius 3 is 2.40 bits per heavy atom. The monoisotopic (exact) mass is 182 g/mol. The number of carbonyl (C=O) groups is 1. The predicted octanol–water partition coefficient (Wildman–Crippen LogP) is 1.20. The van der Waals surface area contributed by atoms with Crippen LogP contribution in [0.2, 0.25) is 0 Å². The molecule has 0 saturated carbocycles. The first-order valence-electron chi connectivity index (χ1n) is 2.45. The van der Waals surface area contributed by atoms with Crippen LogP contribution >= 0.6 is 23.2 Å². The summed E-state index contributed by atoms with van der Waals surface area (Å²) < 4.78 is 9.18. The number of rotatable bonds is 1. The number of halogens is 2. The van der Waals surface area contributed by atoms with Crippen molar-refractivity contribution in [1.82, 2.24) is 0 Å². The molecule has 0 amide bonds. The number of methoxy groups -OCH3 is 1. The van der Waals surface area contributed by atoms with Crippen LogP contribution in [0.5, 0.6) is 0 Å². The summed E-state index contributed by atoms with van der Waals surface area (Å²) in [5.74, 6) is -0.640. The van der Waals surface area contributed by atoms with Gasteiger partial charge in [0.15, 0.2) is 0 Å². The van der Waals surface area contributed by atoms with E-state index in [1.807, 2.05) is 0 Å². The van der Waals surface area contributed by atoms with Crippen molar-refractivity contribution in [2.45, 2.75) is 6.29 Å². The zero-order valence-electron chi connectivity index (χ0n) is 5.06. The van der Waals surface area contributed by atoms with Gasteiger partial charge in [-0.3, -0.25) is 0 Å². The van der Waals surface area contributed by atoms with E-state index in [4.69, 9.17) is 23.2 Å². The lowest BCUT2D eigenvalue weighted by molar-refractivity contribution is -0.154. The highest BCUT2D eigenvalue weighted by molar-refractivity contribution is 6.48. The van der Waals surface area contributed by atoms with Crippen molar-refractivity contribution in [3.63, 3.8) is 0 Å². The van der Waals surface area contributed by atoms with Gasteiger partial charge in [0.25, 0.3) is 0 Å². The highest BCUT2D eigenvalue weighted by Gasteiger charge is 2.31. The number of cyclic esters (lactones) is 1. The zero-order valence-corrected chi connectivity index (χ0v) is 6.57. The summed E-state index contributed by atoms with van der Waals surface area (Å²) in [6.07, 6.45) is -0.818. The minimum atomic E-state index is -0.818. The molecule has 3 nitrogen and oxygen atoms in total. The van der Waals surface area contributed by atoms with E-state index in [2.05, 4.69) is 9.47 Å². The SMILES string of the molecule is COC1OC(=O)C(Cl)=C1Cl. The van der Waals surface area contributed by atoms with Crippen molar-refractivity contribution < 1.29 is 14.3 Å². The van der Waals surface area contributed by atoms with Crippen LogP contribution in [0.1, 0.15) is 0 Å². The van der Waals surface area contributed by atoms with Crippen LogP contribution in [0, 0.1) is 0 Å². The van der Waals surface area contributed by atoms with Crippen molar-refractivity contribution in [3.8, 4) is 0 Å². The second-order valence-electron chi connectivity index (χ2n) is 1.63. The number of carbonyl (C=O) groups excluding carboxylic acids is 1. The highest BCUT2D eigenvalue weighted by Crippen LogP contribution is 2.28. The number of ether oxygens (including phenoxy) is 2. The van der Waals surface area contributed by atoms with Gasteiger partial charge in [0.1, 0.15) is 10.1 Å². The molecular weight excluding hydrogens is 179 g/mol. The quantitative estimate of drug-likeness (QED) is 0.573. The molecular formula is C5H4Cl2O3. The molecule has 0 N–H and O–H groups in total. The van der Waals surface area contributed by atoms with E-state index >= 15 is 0 Å². The lowest BCUT2D eigenvalue weighted by Gasteiger charge is -2.05. The molecule has 0 aromatic rings. The third kappa shape index (κ3) is 1.12. The maximum Gasteiger partial charge on any atom is 0.353 e. The average molecular weight is 183 g/mol. The normalized spacial score (nSPS) is 25.5. The summed E-state index contributed by atoms with van der Waals surface area (Å²) in [4.78, 5) is 10.6. The van der Waals surface area contributed by atoms with Crippen LogP contribution < -0.4 is 0 Å². The molecule has 0 aliphatic carbocycles. The summed E-state index contributed by atoms with van der Waals surface area (Å²) in [6, 6.07) is 0. The lowest BCUT2D eigenvalue weighted by atomic mass is 10.5. The summed E-state index contributed by atoms with van der Waals surface area (Å²) in [7, 11) is 1.37. The molecule has 0 aromatic heterocycles. The molecule has 1 heterocycles. The number of hydrogen-bond acceptors (Lipinski definition) is 3. The Morgan fingerprint density at radius 1 is 1.60 bits per heavy atom. The molecule has 56 valence electrons. The molecule has 1 unspecified atom stereocenters. The molecule has 1 atom stereocenters.